The quantitative estimate of drug-likeness (QED) is 0.721. The van der Waals surface area contributed by atoms with E-state index in [2.05, 4.69) is 24.5 Å². The van der Waals surface area contributed by atoms with E-state index in [1.807, 2.05) is 13.8 Å². The second-order valence-corrected chi connectivity index (χ2v) is 6.07. The maximum Gasteiger partial charge on any atom is 0.315 e. The molecule has 1 fully saturated rings. The number of aliphatic hydroxyl groups is 1. The minimum atomic E-state index is -0.103. The summed E-state index contributed by atoms with van der Waals surface area (Å²) in [7, 11) is 0. The first-order chi connectivity index (χ1) is 8.43. The first kappa shape index (κ1) is 15.3. The van der Waals surface area contributed by atoms with Gasteiger partial charge >= 0.3 is 6.03 Å². The van der Waals surface area contributed by atoms with Gasteiger partial charge in [-0.15, -0.1) is 0 Å². The third-order valence-corrected chi connectivity index (χ3v) is 4.25. The average Bonchev–Trinajstić information content (AvgIpc) is 2.31. The molecule has 4 nitrogen and oxygen atoms in total. The normalized spacial score (nSPS) is 31.5. The summed E-state index contributed by atoms with van der Waals surface area (Å²) in [5.41, 5.74) is 0. The van der Waals surface area contributed by atoms with Crippen molar-refractivity contribution in [3.05, 3.63) is 0 Å². The van der Waals surface area contributed by atoms with E-state index in [9.17, 15) is 4.79 Å². The monoisotopic (exact) mass is 256 g/mol. The van der Waals surface area contributed by atoms with E-state index in [0.717, 1.165) is 12.3 Å². The van der Waals surface area contributed by atoms with Crippen LogP contribution in [0.1, 0.15) is 47.0 Å². The van der Waals surface area contributed by atoms with Crippen LogP contribution in [0.2, 0.25) is 0 Å². The highest BCUT2D eigenvalue weighted by Crippen LogP contribution is 2.28. The molecule has 4 heteroatoms. The molecule has 5 atom stereocenters. The van der Waals surface area contributed by atoms with Gasteiger partial charge in [-0.25, -0.2) is 4.79 Å². The third kappa shape index (κ3) is 4.48. The van der Waals surface area contributed by atoms with E-state index in [1.165, 1.54) is 12.8 Å². The lowest BCUT2D eigenvalue weighted by atomic mass is 9.80. The molecule has 0 heterocycles. The summed E-state index contributed by atoms with van der Waals surface area (Å²) in [5.74, 6) is 1.40. The summed E-state index contributed by atoms with van der Waals surface area (Å²) in [6.45, 7) is 8.43. The van der Waals surface area contributed by atoms with E-state index in [-0.39, 0.29) is 30.6 Å². The van der Waals surface area contributed by atoms with Gasteiger partial charge in [-0.3, -0.25) is 0 Å². The minimum absolute atomic E-state index is 0.00665. The fraction of sp³-hybridized carbons (Fsp3) is 0.929. The van der Waals surface area contributed by atoms with Crippen molar-refractivity contribution in [2.75, 3.05) is 6.61 Å². The zero-order chi connectivity index (χ0) is 13.7. The fourth-order valence-electron chi connectivity index (χ4n) is 2.60. The predicted octanol–water partition coefficient (Wildman–Crippen LogP) is 2.13. The van der Waals surface area contributed by atoms with E-state index in [4.69, 9.17) is 5.11 Å². The number of carbonyl (C=O) groups excluding carboxylic acids is 1. The van der Waals surface area contributed by atoms with Crippen LogP contribution < -0.4 is 10.6 Å². The second-order valence-electron chi connectivity index (χ2n) is 6.07. The van der Waals surface area contributed by atoms with Crippen molar-refractivity contribution in [3.8, 4) is 0 Å². The van der Waals surface area contributed by atoms with Gasteiger partial charge < -0.3 is 15.7 Å². The Morgan fingerprint density at radius 3 is 2.56 bits per heavy atom. The van der Waals surface area contributed by atoms with Crippen LogP contribution in [0.4, 0.5) is 4.79 Å². The van der Waals surface area contributed by atoms with Crippen molar-refractivity contribution < 1.29 is 9.90 Å². The number of carbonyl (C=O) groups is 1. The minimum Gasteiger partial charge on any atom is -0.396 e. The molecule has 0 spiro atoms. The van der Waals surface area contributed by atoms with Crippen LogP contribution >= 0.6 is 0 Å². The Hall–Kier alpha value is -0.770. The molecular weight excluding hydrogens is 228 g/mol. The van der Waals surface area contributed by atoms with Gasteiger partial charge in [-0.2, -0.15) is 0 Å². The van der Waals surface area contributed by atoms with Gasteiger partial charge in [0, 0.05) is 18.7 Å². The topological polar surface area (TPSA) is 61.4 Å². The predicted molar refractivity (Wildman–Crippen MR) is 73.3 cm³/mol. The standard InChI is InChI=1S/C14H28N2O2/c1-9-5-6-13(10(2)7-9)16-14(18)15-12(4)11(3)8-17/h9-13,17H,5-8H2,1-4H3,(H2,15,16,18). The Labute approximate surface area is 111 Å². The van der Waals surface area contributed by atoms with Crippen LogP contribution in [0.15, 0.2) is 0 Å². The first-order valence-corrected chi connectivity index (χ1v) is 7.12. The van der Waals surface area contributed by atoms with Crippen molar-refractivity contribution in [2.45, 2.75) is 59.0 Å². The van der Waals surface area contributed by atoms with Gasteiger partial charge in [-0.1, -0.05) is 20.8 Å². The largest absolute Gasteiger partial charge is 0.396 e. The molecular formula is C14H28N2O2. The summed E-state index contributed by atoms with van der Waals surface area (Å²) in [6.07, 6.45) is 3.45. The molecule has 0 aliphatic heterocycles. The summed E-state index contributed by atoms with van der Waals surface area (Å²) >= 11 is 0. The van der Waals surface area contributed by atoms with Gasteiger partial charge in [0.05, 0.1) is 0 Å². The number of amides is 2. The number of hydrogen-bond acceptors (Lipinski definition) is 2. The van der Waals surface area contributed by atoms with Gasteiger partial charge in [0.1, 0.15) is 0 Å². The zero-order valence-electron chi connectivity index (χ0n) is 12.1. The van der Waals surface area contributed by atoms with E-state index in [1.54, 1.807) is 0 Å². The molecule has 18 heavy (non-hydrogen) atoms. The Morgan fingerprint density at radius 1 is 1.33 bits per heavy atom. The average molecular weight is 256 g/mol. The van der Waals surface area contributed by atoms with Crippen molar-refractivity contribution in [1.82, 2.24) is 10.6 Å². The number of urea groups is 1. The Bertz CT molecular complexity index is 271. The molecule has 5 unspecified atom stereocenters. The molecule has 106 valence electrons. The van der Waals surface area contributed by atoms with Crippen molar-refractivity contribution in [1.29, 1.82) is 0 Å². The van der Waals surface area contributed by atoms with Crippen LogP contribution in [0, 0.1) is 17.8 Å². The number of rotatable bonds is 4. The smallest absolute Gasteiger partial charge is 0.315 e. The number of hydrogen-bond donors (Lipinski definition) is 3. The second kappa shape index (κ2) is 6.98. The summed E-state index contributed by atoms with van der Waals surface area (Å²) in [4.78, 5) is 11.9. The zero-order valence-corrected chi connectivity index (χ0v) is 12.1. The molecule has 0 aromatic carbocycles. The SMILES string of the molecule is CC1CCC(NC(=O)NC(C)C(C)CO)C(C)C1. The highest BCUT2D eigenvalue weighted by molar-refractivity contribution is 5.74. The van der Waals surface area contributed by atoms with Gasteiger partial charge in [0.25, 0.3) is 0 Å². The van der Waals surface area contributed by atoms with E-state index in [0.29, 0.717) is 5.92 Å². The Morgan fingerprint density at radius 2 is 2.00 bits per heavy atom. The third-order valence-electron chi connectivity index (χ3n) is 4.25. The Balaban J connectivity index is 2.36. The molecule has 0 aromatic rings. The van der Waals surface area contributed by atoms with Crippen LogP contribution in [-0.4, -0.2) is 29.8 Å². The van der Waals surface area contributed by atoms with Crippen LogP contribution in [0.5, 0.6) is 0 Å². The molecule has 0 aromatic heterocycles. The summed E-state index contributed by atoms with van der Waals surface area (Å²) in [5, 5.41) is 15.0. The lowest BCUT2D eigenvalue weighted by Crippen LogP contribution is -2.50. The maximum atomic E-state index is 11.9. The molecule has 3 N–H and O–H groups in total. The van der Waals surface area contributed by atoms with Gasteiger partial charge in [0.15, 0.2) is 0 Å². The molecule has 2 amide bonds. The number of nitrogens with one attached hydrogen (secondary N) is 2. The highest BCUT2D eigenvalue weighted by Gasteiger charge is 2.27. The number of aliphatic hydroxyl groups excluding tert-OH is 1. The van der Waals surface area contributed by atoms with Gasteiger partial charge in [0.2, 0.25) is 0 Å². The lowest BCUT2D eigenvalue weighted by Gasteiger charge is -2.33. The summed E-state index contributed by atoms with van der Waals surface area (Å²) in [6, 6.07) is 0.180. The Kier molecular flexibility index (Phi) is 5.93. The lowest BCUT2D eigenvalue weighted by molar-refractivity contribution is 0.188. The van der Waals surface area contributed by atoms with E-state index < -0.39 is 0 Å². The van der Waals surface area contributed by atoms with Crippen molar-refractivity contribution in [2.24, 2.45) is 17.8 Å². The molecule has 1 saturated carbocycles. The fourth-order valence-corrected chi connectivity index (χ4v) is 2.60. The van der Waals surface area contributed by atoms with Crippen LogP contribution in [-0.2, 0) is 0 Å². The van der Waals surface area contributed by atoms with Crippen LogP contribution in [0.25, 0.3) is 0 Å². The molecule has 1 rings (SSSR count). The molecule has 0 bridgehead atoms. The van der Waals surface area contributed by atoms with Crippen molar-refractivity contribution >= 4 is 6.03 Å². The molecule has 0 radical (unpaired) electrons. The van der Waals surface area contributed by atoms with Gasteiger partial charge in [-0.05, 0) is 43.9 Å². The highest BCUT2D eigenvalue weighted by atomic mass is 16.3. The van der Waals surface area contributed by atoms with Crippen molar-refractivity contribution in [3.63, 3.8) is 0 Å². The first-order valence-electron chi connectivity index (χ1n) is 7.12. The van der Waals surface area contributed by atoms with E-state index >= 15 is 0 Å². The molecule has 1 aliphatic rings. The summed E-state index contributed by atoms with van der Waals surface area (Å²) < 4.78 is 0. The maximum absolute atomic E-state index is 11.9. The van der Waals surface area contributed by atoms with Crippen LogP contribution in [0.3, 0.4) is 0 Å². The molecule has 1 aliphatic carbocycles. The molecule has 0 saturated heterocycles.